The van der Waals surface area contributed by atoms with Crippen LogP contribution in [0.2, 0.25) is 0 Å². The van der Waals surface area contributed by atoms with Crippen molar-refractivity contribution in [3.63, 3.8) is 0 Å². The van der Waals surface area contributed by atoms with E-state index in [0.29, 0.717) is 39.3 Å². The maximum absolute atomic E-state index is 12.0. The van der Waals surface area contributed by atoms with Crippen molar-refractivity contribution in [3.8, 4) is 5.75 Å². The van der Waals surface area contributed by atoms with E-state index in [1.54, 1.807) is 24.6 Å². The normalized spacial score (nSPS) is 18.1. The Kier molecular flexibility index (Phi) is 5.75. The quantitative estimate of drug-likeness (QED) is 0.551. The molecule has 0 bridgehead atoms. The molecule has 2 heterocycles. The van der Waals surface area contributed by atoms with E-state index in [-0.39, 0.29) is 11.7 Å². The number of hydrogen-bond acceptors (Lipinski definition) is 5. The van der Waals surface area contributed by atoms with Crippen LogP contribution in [-0.2, 0) is 20.7 Å². The molecule has 0 saturated carbocycles. The van der Waals surface area contributed by atoms with Crippen molar-refractivity contribution in [1.82, 2.24) is 15.2 Å². The number of benzene rings is 1. The fourth-order valence-corrected chi connectivity index (χ4v) is 3.10. The number of aromatic hydroxyl groups is 1. The molecule has 1 aliphatic heterocycles. The molecule has 0 aliphatic carbocycles. The molecule has 1 atom stereocenters. The standard InChI is InChI=1S/C18H23N4O4/c19-18(25)16-11-26-8-7-22(16)6-5-20-17(24)4-1-12-10-21-15-3-2-13(23)9-14(12)15/h2-4,9-10,16,21,23H,1,5-8,11H2,(H2,19,25)(H,20,24)/t16-/m0/s1. The SMILES string of the molecule is NC(=O)[C@@H]1COCCN1CCNC(=O)[CH]Cc1c[nH]c2ccc(O)cc12. The maximum Gasteiger partial charge on any atom is 0.237 e. The van der Waals surface area contributed by atoms with Crippen LogP contribution < -0.4 is 11.1 Å². The minimum absolute atomic E-state index is 0.177. The zero-order valence-corrected chi connectivity index (χ0v) is 14.4. The largest absolute Gasteiger partial charge is 0.508 e. The Labute approximate surface area is 151 Å². The number of hydrogen-bond donors (Lipinski definition) is 4. The molecule has 0 spiro atoms. The fourth-order valence-electron chi connectivity index (χ4n) is 3.10. The number of nitrogens with two attached hydrogens (primary N) is 1. The molecule has 26 heavy (non-hydrogen) atoms. The van der Waals surface area contributed by atoms with Gasteiger partial charge in [0.1, 0.15) is 11.8 Å². The van der Waals surface area contributed by atoms with Crippen LogP contribution in [-0.4, -0.2) is 65.7 Å². The molecule has 5 N–H and O–H groups in total. The van der Waals surface area contributed by atoms with Gasteiger partial charge in [0, 0.05) is 36.7 Å². The van der Waals surface area contributed by atoms with E-state index in [0.717, 1.165) is 16.5 Å². The lowest BCUT2D eigenvalue weighted by Crippen LogP contribution is -2.54. The molecule has 2 aromatic rings. The smallest absolute Gasteiger partial charge is 0.237 e. The first-order valence-corrected chi connectivity index (χ1v) is 8.55. The number of amides is 2. The molecule has 1 aromatic heterocycles. The topological polar surface area (TPSA) is 121 Å². The minimum Gasteiger partial charge on any atom is -0.508 e. The molecular formula is C18H23N4O4. The second-order valence-electron chi connectivity index (χ2n) is 6.27. The van der Waals surface area contributed by atoms with Crippen LogP contribution in [0.5, 0.6) is 5.75 Å². The number of H-pyrrole nitrogens is 1. The first kappa shape index (κ1) is 18.2. The summed E-state index contributed by atoms with van der Waals surface area (Å²) in [4.78, 5) is 28.5. The van der Waals surface area contributed by atoms with Crippen molar-refractivity contribution in [1.29, 1.82) is 0 Å². The Balaban J connectivity index is 1.45. The number of carbonyl (C=O) groups is 2. The average molecular weight is 359 g/mol. The number of fused-ring (bicyclic) bond motifs is 1. The summed E-state index contributed by atoms with van der Waals surface area (Å²) >= 11 is 0. The summed E-state index contributed by atoms with van der Waals surface area (Å²) in [5.74, 6) is -0.397. The average Bonchev–Trinajstić information content (AvgIpc) is 3.02. The predicted molar refractivity (Wildman–Crippen MR) is 96.4 cm³/mol. The Hall–Kier alpha value is -2.58. The van der Waals surface area contributed by atoms with Gasteiger partial charge in [-0.3, -0.25) is 14.5 Å². The predicted octanol–water partition coefficient (Wildman–Crippen LogP) is -0.0774. The van der Waals surface area contributed by atoms with E-state index in [4.69, 9.17) is 10.5 Å². The van der Waals surface area contributed by atoms with Crippen molar-refractivity contribution in [2.75, 3.05) is 32.8 Å². The highest BCUT2D eigenvalue weighted by atomic mass is 16.5. The fraction of sp³-hybridized carbons (Fsp3) is 0.389. The minimum atomic E-state index is -0.441. The van der Waals surface area contributed by atoms with E-state index in [1.165, 1.54) is 0 Å². The number of nitrogens with one attached hydrogen (secondary N) is 2. The van der Waals surface area contributed by atoms with E-state index in [1.807, 2.05) is 11.1 Å². The highest BCUT2D eigenvalue weighted by Crippen LogP contribution is 2.23. The molecule has 8 heteroatoms. The van der Waals surface area contributed by atoms with E-state index in [2.05, 4.69) is 10.3 Å². The van der Waals surface area contributed by atoms with Crippen LogP contribution >= 0.6 is 0 Å². The molecule has 1 aromatic carbocycles. The molecular weight excluding hydrogens is 336 g/mol. The van der Waals surface area contributed by atoms with E-state index in [9.17, 15) is 14.7 Å². The number of morpholine rings is 1. The second-order valence-corrected chi connectivity index (χ2v) is 6.27. The number of phenols is 1. The Morgan fingerprint density at radius 2 is 2.31 bits per heavy atom. The lowest BCUT2D eigenvalue weighted by Gasteiger charge is -2.33. The number of aromatic nitrogens is 1. The molecule has 2 amide bonds. The molecule has 0 unspecified atom stereocenters. The lowest BCUT2D eigenvalue weighted by molar-refractivity contribution is -0.129. The zero-order chi connectivity index (χ0) is 18.5. The van der Waals surface area contributed by atoms with Gasteiger partial charge in [0.25, 0.3) is 0 Å². The number of primary amides is 1. The molecule has 1 aliphatic rings. The number of nitrogens with zero attached hydrogens (tertiary/aromatic N) is 1. The number of phenolic OH excluding ortho intramolecular Hbond substituents is 1. The van der Waals surface area contributed by atoms with Crippen LogP contribution in [0.3, 0.4) is 0 Å². The van der Waals surface area contributed by atoms with Crippen LogP contribution in [0.15, 0.2) is 24.4 Å². The molecule has 139 valence electrons. The third kappa shape index (κ3) is 4.33. The van der Waals surface area contributed by atoms with Crippen molar-refractivity contribution in [2.45, 2.75) is 12.5 Å². The summed E-state index contributed by atoms with van der Waals surface area (Å²) in [5.41, 5.74) is 7.22. The van der Waals surface area contributed by atoms with E-state index >= 15 is 0 Å². The number of carbonyl (C=O) groups excluding carboxylic acids is 2. The van der Waals surface area contributed by atoms with Crippen molar-refractivity contribution in [3.05, 3.63) is 36.4 Å². The lowest BCUT2D eigenvalue weighted by atomic mass is 10.1. The van der Waals surface area contributed by atoms with E-state index < -0.39 is 11.9 Å². The van der Waals surface area contributed by atoms with Gasteiger partial charge >= 0.3 is 0 Å². The Bertz CT molecular complexity index is 789. The van der Waals surface area contributed by atoms with Crippen LogP contribution in [0.1, 0.15) is 5.56 Å². The maximum atomic E-state index is 12.0. The molecule has 1 saturated heterocycles. The number of aromatic amines is 1. The second kappa shape index (κ2) is 8.20. The van der Waals surface area contributed by atoms with Gasteiger partial charge in [-0.25, -0.2) is 0 Å². The molecule has 1 radical (unpaired) electrons. The first-order valence-electron chi connectivity index (χ1n) is 8.55. The van der Waals surface area contributed by atoms with Crippen LogP contribution in [0.25, 0.3) is 10.9 Å². The Morgan fingerprint density at radius 1 is 1.46 bits per heavy atom. The van der Waals surface area contributed by atoms with Gasteiger partial charge in [-0.1, -0.05) is 0 Å². The summed E-state index contributed by atoms with van der Waals surface area (Å²) in [5, 5.41) is 13.3. The third-order valence-electron chi connectivity index (χ3n) is 4.52. The van der Waals surface area contributed by atoms with Crippen LogP contribution in [0.4, 0.5) is 0 Å². The van der Waals surface area contributed by atoms with Gasteiger partial charge in [-0.2, -0.15) is 0 Å². The number of rotatable bonds is 7. The van der Waals surface area contributed by atoms with Crippen molar-refractivity contribution < 1.29 is 19.4 Å². The molecule has 8 nitrogen and oxygen atoms in total. The highest BCUT2D eigenvalue weighted by Gasteiger charge is 2.27. The van der Waals surface area contributed by atoms with Gasteiger partial charge in [0.05, 0.1) is 19.6 Å². The highest BCUT2D eigenvalue weighted by molar-refractivity contribution is 5.88. The monoisotopic (exact) mass is 359 g/mol. The van der Waals surface area contributed by atoms with Crippen molar-refractivity contribution >= 4 is 22.7 Å². The van der Waals surface area contributed by atoms with Crippen molar-refractivity contribution in [2.24, 2.45) is 5.73 Å². The molecule has 3 rings (SSSR count). The van der Waals surface area contributed by atoms with Crippen LogP contribution in [0, 0.1) is 6.42 Å². The van der Waals surface area contributed by atoms with Gasteiger partial charge in [-0.05, 0) is 30.2 Å². The summed E-state index contributed by atoms with van der Waals surface area (Å²) in [7, 11) is 0. The van der Waals surface area contributed by atoms with Gasteiger partial charge in [0.15, 0.2) is 0 Å². The van der Waals surface area contributed by atoms with Gasteiger partial charge in [-0.15, -0.1) is 0 Å². The third-order valence-corrected chi connectivity index (χ3v) is 4.52. The summed E-state index contributed by atoms with van der Waals surface area (Å²) < 4.78 is 5.27. The number of ether oxygens (including phenoxy) is 1. The van der Waals surface area contributed by atoms with Gasteiger partial charge in [0.2, 0.25) is 11.8 Å². The summed E-state index contributed by atoms with van der Waals surface area (Å²) in [6.45, 7) is 2.43. The molecule has 1 fully saturated rings. The summed E-state index contributed by atoms with van der Waals surface area (Å²) in [6.07, 6.45) is 3.85. The summed E-state index contributed by atoms with van der Waals surface area (Å²) in [6, 6.07) is 4.65. The van der Waals surface area contributed by atoms with Gasteiger partial charge < -0.3 is 25.9 Å². The first-order chi connectivity index (χ1) is 12.5. The zero-order valence-electron chi connectivity index (χ0n) is 14.4. The Morgan fingerprint density at radius 3 is 3.12 bits per heavy atom.